The van der Waals surface area contributed by atoms with Crippen LogP contribution in [0.2, 0.25) is 0 Å². The van der Waals surface area contributed by atoms with Crippen LogP contribution in [-0.4, -0.2) is 43.5 Å². The van der Waals surface area contributed by atoms with Gasteiger partial charge in [-0.15, -0.1) is 12.4 Å². The van der Waals surface area contributed by atoms with E-state index in [1.165, 1.54) is 4.90 Å². The van der Waals surface area contributed by atoms with E-state index in [2.05, 4.69) is 5.32 Å². The SMILES string of the molecule is CCOc1ccc(C(=O)N(C)C)cc1NC(=O)C1CCCC(N)C1.Cl. The largest absolute Gasteiger partial charge is 0.492 e. The maximum absolute atomic E-state index is 12.6. The quantitative estimate of drug-likeness (QED) is 0.835. The van der Waals surface area contributed by atoms with Gasteiger partial charge in [0.05, 0.1) is 12.3 Å². The van der Waals surface area contributed by atoms with Gasteiger partial charge in [0, 0.05) is 31.6 Å². The second-order valence-electron chi connectivity index (χ2n) is 6.46. The molecule has 0 spiro atoms. The topological polar surface area (TPSA) is 84.7 Å². The van der Waals surface area contributed by atoms with Crippen molar-refractivity contribution in [3.63, 3.8) is 0 Å². The number of ether oxygens (including phenoxy) is 1. The van der Waals surface area contributed by atoms with E-state index in [4.69, 9.17) is 10.5 Å². The highest BCUT2D eigenvalue weighted by molar-refractivity contribution is 5.98. The summed E-state index contributed by atoms with van der Waals surface area (Å²) in [6.45, 7) is 2.36. The van der Waals surface area contributed by atoms with Crippen LogP contribution in [0.1, 0.15) is 43.0 Å². The summed E-state index contributed by atoms with van der Waals surface area (Å²) in [6.07, 6.45) is 3.49. The molecule has 3 N–H and O–H groups in total. The molecule has 2 atom stereocenters. The Balaban J connectivity index is 0.00000312. The van der Waals surface area contributed by atoms with Crippen molar-refractivity contribution in [1.29, 1.82) is 0 Å². The molecule has 140 valence electrons. The number of carbonyl (C=O) groups excluding carboxylic acids is 2. The third-order valence-corrected chi connectivity index (χ3v) is 4.28. The van der Waals surface area contributed by atoms with Gasteiger partial charge >= 0.3 is 0 Å². The Morgan fingerprint density at radius 1 is 1.32 bits per heavy atom. The van der Waals surface area contributed by atoms with Crippen molar-refractivity contribution in [1.82, 2.24) is 4.90 Å². The minimum atomic E-state index is -0.117. The highest BCUT2D eigenvalue weighted by atomic mass is 35.5. The number of nitrogens with zero attached hydrogens (tertiary/aromatic N) is 1. The number of halogens is 1. The van der Waals surface area contributed by atoms with E-state index in [0.29, 0.717) is 30.0 Å². The first-order chi connectivity index (χ1) is 11.4. The number of nitrogens with one attached hydrogen (secondary N) is 1. The molecule has 1 aromatic rings. The summed E-state index contributed by atoms with van der Waals surface area (Å²) in [5, 5.41) is 2.93. The van der Waals surface area contributed by atoms with Gasteiger partial charge in [0.15, 0.2) is 0 Å². The first-order valence-electron chi connectivity index (χ1n) is 8.47. The summed E-state index contributed by atoms with van der Waals surface area (Å²) in [6, 6.07) is 5.19. The summed E-state index contributed by atoms with van der Waals surface area (Å²) in [4.78, 5) is 26.2. The molecule has 1 saturated carbocycles. The minimum Gasteiger partial charge on any atom is -0.492 e. The fourth-order valence-electron chi connectivity index (χ4n) is 3.00. The highest BCUT2D eigenvalue weighted by Gasteiger charge is 2.26. The Bertz CT molecular complexity index is 607. The van der Waals surface area contributed by atoms with Crippen molar-refractivity contribution in [2.75, 3.05) is 26.0 Å². The van der Waals surface area contributed by atoms with Gasteiger partial charge in [-0.05, 0) is 44.4 Å². The number of anilines is 1. The summed E-state index contributed by atoms with van der Waals surface area (Å²) in [7, 11) is 3.39. The van der Waals surface area contributed by atoms with Crippen molar-refractivity contribution < 1.29 is 14.3 Å². The van der Waals surface area contributed by atoms with Crippen molar-refractivity contribution in [2.24, 2.45) is 11.7 Å². The van der Waals surface area contributed by atoms with Crippen LogP contribution in [0, 0.1) is 5.92 Å². The Morgan fingerprint density at radius 3 is 2.64 bits per heavy atom. The molecule has 2 unspecified atom stereocenters. The third-order valence-electron chi connectivity index (χ3n) is 4.28. The van der Waals surface area contributed by atoms with Crippen LogP contribution in [0.15, 0.2) is 18.2 Å². The van der Waals surface area contributed by atoms with E-state index in [0.717, 1.165) is 19.3 Å². The molecule has 0 heterocycles. The lowest BCUT2D eigenvalue weighted by molar-refractivity contribution is -0.120. The number of nitrogens with two attached hydrogens (primary N) is 1. The molecule has 0 saturated heterocycles. The standard InChI is InChI=1S/C18H27N3O3.ClH/c1-4-24-16-9-8-13(18(23)21(2)3)11-15(16)20-17(22)12-6-5-7-14(19)10-12;/h8-9,11-12,14H,4-7,10,19H2,1-3H3,(H,20,22);1H. The summed E-state index contributed by atoms with van der Waals surface area (Å²) in [5.41, 5.74) is 7.03. The zero-order valence-corrected chi connectivity index (χ0v) is 15.9. The lowest BCUT2D eigenvalue weighted by Gasteiger charge is -2.26. The molecular formula is C18H28ClN3O3. The van der Waals surface area contributed by atoms with Gasteiger partial charge in [-0.3, -0.25) is 9.59 Å². The van der Waals surface area contributed by atoms with Crippen molar-refractivity contribution in [3.05, 3.63) is 23.8 Å². The second kappa shape index (κ2) is 9.63. The molecule has 25 heavy (non-hydrogen) atoms. The van der Waals surface area contributed by atoms with Gasteiger partial charge < -0.3 is 20.7 Å². The van der Waals surface area contributed by atoms with Gasteiger partial charge in [-0.25, -0.2) is 0 Å². The van der Waals surface area contributed by atoms with Crippen molar-refractivity contribution >= 4 is 29.9 Å². The molecule has 0 radical (unpaired) electrons. The van der Waals surface area contributed by atoms with Crippen LogP contribution < -0.4 is 15.8 Å². The van der Waals surface area contributed by atoms with Gasteiger partial charge in [-0.1, -0.05) is 6.42 Å². The van der Waals surface area contributed by atoms with E-state index in [1.807, 2.05) is 6.92 Å². The summed E-state index contributed by atoms with van der Waals surface area (Å²) < 4.78 is 5.58. The summed E-state index contributed by atoms with van der Waals surface area (Å²) >= 11 is 0. The molecule has 7 heteroatoms. The molecule has 1 aliphatic rings. The molecule has 0 aliphatic heterocycles. The molecule has 1 aliphatic carbocycles. The van der Waals surface area contributed by atoms with Crippen LogP contribution >= 0.6 is 12.4 Å². The smallest absolute Gasteiger partial charge is 0.253 e. The Labute approximate surface area is 155 Å². The molecule has 0 aromatic heterocycles. The van der Waals surface area contributed by atoms with E-state index < -0.39 is 0 Å². The zero-order chi connectivity index (χ0) is 17.7. The molecule has 2 amide bonds. The Hall–Kier alpha value is -1.79. The van der Waals surface area contributed by atoms with Crippen molar-refractivity contribution in [3.8, 4) is 5.75 Å². The summed E-state index contributed by atoms with van der Waals surface area (Å²) in [5.74, 6) is 0.312. The number of hydrogen-bond donors (Lipinski definition) is 2. The van der Waals surface area contributed by atoms with Gasteiger partial charge in [0.25, 0.3) is 5.91 Å². The molecule has 6 nitrogen and oxygen atoms in total. The Kier molecular flexibility index (Phi) is 8.19. The second-order valence-corrected chi connectivity index (χ2v) is 6.46. The number of hydrogen-bond acceptors (Lipinski definition) is 4. The fourth-order valence-corrected chi connectivity index (χ4v) is 3.00. The molecule has 0 bridgehead atoms. The predicted octanol–water partition coefficient (Wildman–Crippen LogP) is 2.66. The van der Waals surface area contributed by atoms with Gasteiger partial charge in [-0.2, -0.15) is 0 Å². The number of carbonyl (C=O) groups is 2. The minimum absolute atomic E-state index is 0. The maximum atomic E-state index is 12.6. The van der Waals surface area contributed by atoms with Gasteiger partial charge in [0.2, 0.25) is 5.91 Å². The van der Waals surface area contributed by atoms with E-state index in [9.17, 15) is 9.59 Å². The molecular weight excluding hydrogens is 342 g/mol. The molecule has 1 aromatic carbocycles. The predicted molar refractivity (Wildman–Crippen MR) is 101 cm³/mol. The fraction of sp³-hybridized carbons (Fsp3) is 0.556. The van der Waals surface area contributed by atoms with Crippen molar-refractivity contribution in [2.45, 2.75) is 38.6 Å². The normalized spacial score (nSPS) is 19.5. The van der Waals surface area contributed by atoms with Gasteiger partial charge in [0.1, 0.15) is 5.75 Å². The van der Waals surface area contributed by atoms with Crippen LogP contribution in [0.25, 0.3) is 0 Å². The lowest BCUT2D eigenvalue weighted by atomic mass is 9.85. The number of benzene rings is 1. The number of amides is 2. The van der Waals surface area contributed by atoms with E-state index in [1.54, 1.807) is 32.3 Å². The molecule has 2 rings (SSSR count). The molecule has 1 fully saturated rings. The first-order valence-corrected chi connectivity index (χ1v) is 8.47. The monoisotopic (exact) mass is 369 g/mol. The van der Waals surface area contributed by atoms with Crippen LogP contribution in [0.4, 0.5) is 5.69 Å². The average molecular weight is 370 g/mol. The van der Waals surface area contributed by atoms with Crippen LogP contribution in [0.3, 0.4) is 0 Å². The zero-order valence-electron chi connectivity index (χ0n) is 15.1. The first kappa shape index (κ1) is 21.3. The highest BCUT2D eigenvalue weighted by Crippen LogP contribution is 2.29. The van der Waals surface area contributed by atoms with Crippen LogP contribution in [-0.2, 0) is 4.79 Å². The number of rotatable bonds is 5. The van der Waals surface area contributed by atoms with Crippen LogP contribution in [0.5, 0.6) is 5.75 Å². The lowest BCUT2D eigenvalue weighted by Crippen LogP contribution is -2.34. The third kappa shape index (κ3) is 5.61. The van der Waals surface area contributed by atoms with E-state index in [-0.39, 0.29) is 36.2 Å². The van der Waals surface area contributed by atoms with E-state index >= 15 is 0 Å². The maximum Gasteiger partial charge on any atom is 0.253 e. The Morgan fingerprint density at radius 2 is 2.04 bits per heavy atom. The average Bonchev–Trinajstić information content (AvgIpc) is 2.55.